The van der Waals surface area contributed by atoms with Crippen LogP contribution in [0.4, 0.5) is 0 Å². The molecule has 0 aromatic carbocycles. The van der Waals surface area contributed by atoms with Crippen molar-refractivity contribution >= 4 is 0 Å². The Labute approximate surface area is 112 Å². The van der Waals surface area contributed by atoms with Crippen molar-refractivity contribution in [3.63, 3.8) is 0 Å². The summed E-state index contributed by atoms with van der Waals surface area (Å²) in [7, 11) is 0. The van der Waals surface area contributed by atoms with Gasteiger partial charge in [-0.3, -0.25) is 5.32 Å². The molecule has 19 heavy (non-hydrogen) atoms. The van der Waals surface area contributed by atoms with E-state index in [1.807, 2.05) is 6.07 Å². The van der Waals surface area contributed by atoms with Crippen molar-refractivity contribution in [3.05, 3.63) is 23.7 Å². The van der Waals surface area contributed by atoms with Gasteiger partial charge in [0.2, 0.25) is 0 Å². The Balaban J connectivity index is 2.26. The van der Waals surface area contributed by atoms with Gasteiger partial charge in [-0.15, -0.1) is 0 Å². The molecule has 0 radical (unpaired) electrons. The number of rotatable bonds is 2. The van der Waals surface area contributed by atoms with Gasteiger partial charge >= 0.3 is 0 Å². The largest absolute Gasteiger partial charge is 0.504 e. The summed E-state index contributed by atoms with van der Waals surface area (Å²) in [5, 5.41) is 40.9. The van der Waals surface area contributed by atoms with Crippen LogP contribution in [0.25, 0.3) is 0 Å². The molecule has 1 saturated carbocycles. The van der Waals surface area contributed by atoms with E-state index in [2.05, 4.69) is 11.4 Å². The third-order valence-electron chi connectivity index (χ3n) is 3.81. The average molecular weight is 259 g/mol. The number of nitriles is 2. The monoisotopic (exact) mass is 259 g/mol. The molecule has 0 amide bonds. The van der Waals surface area contributed by atoms with E-state index in [1.165, 1.54) is 18.6 Å². The van der Waals surface area contributed by atoms with Crippen LogP contribution >= 0.6 is 0 Å². The van der Waals surface area contributed by atoms with Gasteiger partial charge in [0.1, 0.15) is 11.5 Å². The van der Waals surface area contributed by atoms with Crippen molar-refractivity contribution in [1.82, 2.24) is 5.32 Å². The van der Waals surface area contributed by atoms with Crippen LogP contribution < -0.4 is 5.32 Å². The lowest BCUT2D eigenvalue weighted by Crippen LogP contribution is -2.54. The van der Waals surface area contributed by atoms with Crippen LogP contribution in [0, 0.1) is 28.6 Å². The normalized spacial score (nSPS) is 31.8. The van der Waals surface area contributed by atoms with Crippen LogP contribution in [-0.4, -0.2) is 21.8 Å². The molecule has 100 valence electrons. The number of hydrogen-bond acceptors (Lipinski definition) is 5. The molecule has 2 rings (SSSR count). The quantitative estimate of drug-likeness (QED) is 0.706. The molecule has 0 bridgehead atoms. The van der Waals surface area contributed by atoms with Gasteiger partial charge in [-0.2, -0.15) is 10.5 Å². The van der Waals surface area contributed by atoms with Gasteiger partial charge in [0.05, 0.1) is 12.1 Å². The smallest absolute Gasteiger partial charge is 0.156 e. The van der Waals surface area contributed by atoms with Gasteiger partial charge in [-0.25, -0.2) is 0 Å². The number of aliphatic hydroxyl groups is 2. The van der Waals surface area contributed by atoms with E-state index in [-0.39, 0.29) is 17.6 Å². The van der Waals surface area contributed by atoms with E-state index in [0.29, 0.717) is 0 Å². The van der Waals surface area contributed by atoms with Crippen molar-refractivity contribution in [1.29, 1.82) is 10.5 Å². The van der Waals surface area contributed by atoms with Gasteiger partial charge < -0.3 is 10.2 Å². The molecule has 5 nitrogen and oxygen atoms in total. The molecule has 0 aromatic rings. The molecule has 3 N–H and O–H groups in total. The summed E-state index contributed by atoms with van der Waals surface area (Å²) < 4.78 is 0. The van der Waals surface area contributed by atoms with Crippen LogP contribution in [0.3, 0.4) is 0 Å². The first-order valence-corrected chi connectivity index (χ1v) is 6.53. The summed E-state index contributed by atoms with van der Waals surface area (Å²) in [6.45, 7) is 0. The second kappa shape index (κ2) is 5.34. The van der Waals surface area contributed by atoms with Crippen molar-refractivity contribution < 1.29 is 10.2 Å². The number of hydrogen-bond donors (Lipinski definition) is 3. The van der Waals surface area contributed by atoms with Gasteiger partial charge in [0, 0.05) is 6.04 Å². The second-order valence-corrected chi connectivity index (χ2v) is 5.15. The summed E-state index contributed by atoms with van der Waals surface area (Å²) in [6.07, 6.45) is 7.82. The summed E-state index contributed by atoms with van der Waals surface area (Å²) in [5.74, 6) is -1.51. The molecule has 2 aliphatic rings. The Morgan fingerprint density at radius 2 is 1.84 bits per heavy atom. The molecule has 0 saturated heterocycles. The molecule has 2 aliphatic carbocycles. The number of nitrogens with zero attached hydrogens (tertiary/aromatic N) is 2. The molecule has 5 heteroatoms. The van der Waals surface area contributed by atoms with Crippen LogP contribution in [0.1, 0.15) is 32.1 Å². The first kappa shape index (κ1) is 13.5. The lowest BCUT2D eigenvalue weighted by molar-refractivity contribution is 0.269. The minimum Gasteiger partial charge on any atom is -0.504 e. The van der Waals surface area contributed by atoms with Crippen molar-refractivity contribution in [2.75, 3.05) is 0 Å². The zero-order valence-corrected chi connectivity index (χ0v) is 10.6. The molecule has 0 aromatic heterocycles. The molecular weight excluding hydrogens is 242 g/mol. The number of nitrogens with one attached hydrogen (secondary N) is 1. The fourth-order valence-electron chi connectivity index (χ4n) is 2.74. The van der Waals surface area contributed by atoms with Crippen molar-refractivity contribution in [2.24, 2.45) is 5.92 Å². The average Bonchev–Trinajstić information content (AvgIpc) is 2.43. The highest BCUT2D eigenvalue weighted by Gasteiger charge is 2.42. The highest BCUT2D eigenvalue weighted by Crippen LogP contribution is 2.31. The fraction of sp³-hybridized carbons (Fsp3) is 0.571. The van der Waals surface area contributed by atoms with E-state index in [0.717, 1.165) is 25.7 Å². The maximum atomic E-state index is 9.63. The molecule has 0 heterocycles. The molecular formula is C14H17N3O2. The van der Waals surface area contributed by atoms with E-state index >= 15 is 0 Å². The lowest BCUT2D eigenvalue weighted by Gasteiger charge is -2.35. The van der Waals surface area contributed by atoms with Crippen molar-refractivity contribution in [2.45, 2.75) is 43.7 Å². The summed E-state index contributed by atoms with van der Waals surface area (Å²) in [6, 6.07) is 4.27. The predicted octanol–water partition coefficient (Wildman–Crippen LogP) is 2.21. The SMILES string of the molecule is N#CC1C=C(O)C(O)=CC1(C#N)NC1CCCCC1. The van der Waals surface area contributed by atoms with Gasteiger partial charge in [0.15, 0.2) is 11.5 Å². The summed E-state index contributed by atoms with van der Waals surface area (Å²) >= 11 is 0. The van der Waals surface area contributed by atoms with Gasteiger partial charge in [-0.05, 0) is 25.0 Å². The highest BCUT2D eigenvalue weighted by atomic mass is 16.3. The lowest BCUT2D eigenvalue weighted by atomic mass is 9.79. The zero-order chi connectivity index (χ0) is 13.9. The first-order valence-electron chi connectivity index (χ1n) is 6.53. The van der Waals surface area contributed by atoms with E-state index < -0.39 is 11.5 Å². The van der Waals surface area contributed by atoms with Crippen LogP contribution in [0.15, 0.2) is 23.7 Å². The minimum atomic E-state index is -1.26. The Bertz CT molecular complexity index is 492. The van der Waals surface area contributed by atoms with E-state index in [4.69, 9.17) is 0 Å². The predicted molar refractivity (Wildman–Crippen MR) is 68.9 cm³/mol. The maximum Gasteiger partial charge on any atom is 0.156 e. The van der Waals surface area contributed by atoms with Crippen LogP contribution in [-0.2, 0) is 0 Å². The Hall–Kier alpha value is -1.98. The number of aliphatic hydroxyl groups excluding tert-OH is 2. The van der Waals surface area contributed by atoms with Crippen LogP contribution in [0.2, 0.25) is 0 Å². The first-order chi connectivity index (χ1) is 9.11. The Morgan fingerprint density at radius 1 is 1.16 bits per heavy atom. The fourth-order valence-corrected chi connectivity index (χ4v) is 2.74. The molecule has 2 atom stereocenters. The summed E-state index contributed by atoms with van der Waals surface area (Å²) in [4.78, 5) is 0. The molecule has 1 fully saturated rings. The minimum absolute atomic E-state index is 0.168. The van der Waals surface area contributed by atoms with E-state index in [1.54, 1.807) is 0 Å². The van der Waals surface area contributed by atoms with Gasteiger partial charge in [-0.1, -0.05) is 19.3 Å². The van der Waals surface area contributed by atoms with Crippen LogP contribution in [0.5, 0.6) is 0 Å². The Kier molecular flexibility index (Phi) is 3.78. The third kappa shape index (κ3) is 2.57. The molecule has 0 aliphatic heterocycles. The molecule has 2 unspecified atom stereocenters. The van der Waals surface area contributed by atoms with E-state index in [9.17, 15) is 20.7 Å². The third-order valence-corrected chi connectivity index (χ3v) is 3.81. The van der Waals surface area contributed by atoms with Gasteiger partial charge in [0.25, 0.3) is 0 Å². The maximum absolute atomic E-state index is 9.63. The molecule has 0 spiro atoms. The standard InChI is InChI=1S/C14H17N3O2/c15-8-10-6-12(18)13(19)7-14(10,9-16)17-11-4-2-1-3-5-11/h6-7,10-11,17-19H,1-5H2. The second-order valence-electron chi connectivity index (χ2n) is 5.15. The topological polar surface area (TPSA) is 100 Å². The Morgan fingerprint density at radius 3 is 2.42 bits per heavy atom. The summed E-state index contributed by atoms with van der Waals surface area (Å²) in [5.41, 5.74) is -1.26. The van der Waals surface area contributed by atoms with Crippen molar-refractivity contribution in [3.8, 4) is 12.1 Å². The highest BCUT2D eigenvalue weighted by molar-refractivity contribution is 5.41. The zero-order valence-electron chi connectivity index (χ0n) is 10.6.